The van der Waals surface area contributed by atoms with Crippen LogP contribution >= 0.6 is 0 Å². The second kappa shape index (κ2) is 7.35. The predicted molar refractivity (Wildman–Crippen MR) is 80.5 cm³/mol. The topological polar surface area (TPSA) is 75.6 Å². The van der Waals surface area contributed by atoms with Crippen LogP contribution in [0.25, 0.3) is 0 Å². The Labute approximate surface area is 126 Å². The smallest absolute Gasteiger partial charge is 0.240 e. The number of aryl methyl sites for hydroxylation is 1. The summed E-state index contributed by atoms with van der Waals surface area (Å²) in [4.78, 5) is 0.194. The molecule has 1 heterocycles. The maximum atomic E-state index is 12.3. The van der Waals surface area contributed by atoms with Crippen LogP contribution in [0, 0.1) is 0 Å². The molecule has 0 aliphatic carbocycles. The van der Waals surface area contributed by atoms with Gasteiger partial charge in [-0.3, -0.25) is 0 Å². The van der Waals surface area contributed by atoms with Gasteiger partial charge in [0.15, 0.2) is 0 Å². The lowest BCUT2D eigenvalue weighted by atomic mass is 10.1. The SMILES string of the molecule is CCc1ccc(S(=O)(=O)NCC2CCCCO2)cc1CO. The average molecular weight is 313 g/mol. The summed E-state index contributed by atoms with van der Waals surface area (Å²) in [5.41, 5.74) is 1.63. The van der Waals surface area contributed by atoms with E-state index in [-0.39, 0.29) is 17.6 Å². The number of aliphatic hydroxyl groups is 1. The maximum Gasteiger partial charge on any atom is 0.240 e. The number of hydrogen-bond acceptors (Lipinski definition) is 4. The Balaban J connectivity index is 2.07. The Kier molecular flexibility index (Phi) is 5.75. The third kappa shape index (κ3) is 4.26. The van der Waals surface area contributed by atoms with Crippen LogP contribution in [0.3, 0.4) is 0 Å². The van der Waals surface area contributed by atoms with E-state index in [0.29, 0.717) is 18.7 Å². The summed E-state index contributed by atoms with van der Waals surface area (Å²) in [6, 6.07) is 4.89. The van der Waals surface area contributed by atoms with E-state index >= 15 is 0 Å². The van der Waals surface area contributed by atoms with Crippen LogP contribution in [0.4, 0.5) is 0 Å². The Morgan fingerprint density at radius 2 is 2.14 bits per heavy atom. The fourth-order valence-electron chi connectivity index (χ4n) is 2.52. The van der Waals surface area contributed by atoms with Crippen molar-refractivity contribution in [3.8, 4) is 0 Å². The van der Waals surface area contributed by atoms with Crippen molar-refractivity contribution < 1.29 is 18.3 Å². The summed E-state index contributed by atoms with van der Waals surface area (Å²) in [5.74, 6) is 0. The average Bonchev–Trinajstić information content (AvgIpc) is 2.53. The lowest BCUT2D eigenvalue weighted by molar-refractivity contribution is 0.0200. The van der Waals surface area contributed by atoms with E-state index in [1.807, 2.05) is 6.92 Å². The molecule has 1 saturated heterocycles. The Hall–Kier alpha value is -0.950. The van der Waals surface area contributed by atoms with E-state index in [9.17, 15) is 13.5 Å². The number of benzene rings is 1. The van der Waals surface area contributed by atoms with E-state index in [1.165, 1.54) is 0 Å². The van der Waals surface area contributed by atoms with Crippen molar-refractivity contribution in [1.82, 2.24) is 4.72 Å². The van der Waals surface area contributed by atoms with Crippen molar-refractivity contribution in [2.45, 2.75) is 50.2 Å². The largest absolute Gasteiger partial charge is 0.392 e. The van der Waals surface area contributed by atoms with Crippen molar-refractivity contribution in [2.75, 3.05) is 13.2 Å². The minimum Gasteiger partial charge on any atom is -0.392 e. The first kappa shape index (κ1) is 16.4. The normalized spacial score (nSPS) is 19.6. The highest BCUT2D eigenvalue weighted by Gasteiger charge is 2.20. The molecule has 1 aliphatic heterocycles. The van der Waals surface area contributed by atoms with Gasteiger partial charge in [0, 0.05) is 13.2 Å². The molecule has 0 saturated carbocycles. The summed E-state index contributed by atoms with van der Waals surface area (Å²) in [6.07, 6.45) is 3.73. The van der Waals surface area contributed by atoms with E-state index in [4.69, 9.17) is 4.74 Å². The van der Waals surface area contributed by atoms with E-state index in [2.05, 4.69) is 4.72 Å². The second-order valence-corrected chi connectivity index (χ2v) is 7.05. The molecule has 2 rings (SSSR count). The maximum absolute atomic E-state index is 12.3. The molecule has 5 nitrogen and oxygen atoms in total. The molecule has 0 amide bonds. The third-order valence-electron chi connectivity index (χ3n) is 3.81. The Morgan fingerprint density at radius 1 is 1.33 bits per heavy atom. The number of sulfonamides is 1. The van der Waals surface area contributed by atoms with Crippen LogP contribution in [-0.2, 0) is 27.8 Å². The molecule has 21 heavy (non-hydrogen) atoms. The lowest BCUT2D eigenvalue weighted by Crippen LogP contribution is -2.35. The molecule has 0 spiro atoms. The van der Waals surface area contributed by atoms with E-state index < -0.39 is 10.0 Å². The summed E-state index contributed by atoms with van der Waals surface area (Å²) in [6.45, 7) is 2.82. The van der Waals surface area contributed by atoms with Gasteiger partial charge >= 0.3 is 0 Å². The fourth-order valence-corrected chi connectivity index (χ4v) is 3.63. The second-order valence-electron chi connectivity index (χ2n) is 5.28. The molecule has 1 aliphatic rings. The van der Waals surface area contributed by atoms with Crippen LogP contribution < -0.4 is 4.72 Å². The lowest BCUT2D eigenvalue weighted by Gasteiger charge is -2.22. The van der Waals surface area contributed by atoms with Gasteiger partial charge < -0.3 is 9.84 Å². The molecule has 1 unspecified atom stereocenters. The van der Waals surface area contributed by atoms with Gasteiger partial charge in [0.05, 0.1) is 17.6 Å². The number of nitrogens with one attached hydrogen (secondary N) is 1. The first-order chi connectivity index (χ1) is 10.1. The molecule has 1 atom stereocenters. The number of ether oxygens (including phenoxy) is 1. The van der Waals surface area contributed by atoms with Gasteiger partial charge in [0.2, 0.25) is 10.0 Å². The zero-order chi connectivity index (χ0) is 15.3. The van der Waals surface area contributed by atoms with Crippen LogP contribution in [0.1, 0.15) is 37.3 Å². The van der Waals surface area contributed by atoms with Crippen molar-refractivity contribution in [2.24, 2.45) is 0 Å². The van der Waals surface area contributed by atoms with E-state index in [1.54, 1.807) is 18.2 Å². The van der Waals surface area contributed by atoms with Crippen molar-refractivity contribution in [3.05, 3.63) is 29.3 Å². The number of rotatable bonds is 6. The van der Waals surface area contributed by atoms with Gasteiger partial charge in [0.1, 0.15) is 0 Å². The Bertz CT molecular complexity index is 565. The van der Waals surface area contributed by atoms with Crippen LogP contribution in [-0.4, -0.2) is 32.8 Å². The van der Waals surface area contributed by atoms with Gasteiger partial charge in [-0.15, -0.1) is 0 Å². The first-order valence-corrected chi connectivity index (χ1v) is 8.89. The fraction of sp³-hybridized carbons (Fsp3) is 0.600. The van der Waals surface area contributed by atoms with Gasteiger partial charge in [-0.25, -0.2) is 13.1 Å². The molecule has 0 bridgehead atoms. The molecule has 2 N–H and O–H groups in total. The number of aliphatic hydroxyl groups excluding tert-OH is 1. The quantitative estimate of drug-likeness (QED) is 0.836. The first-order valence-electron chi connectivity index (χ1n) is 7.40. The molecule has 1 aromatic carbocycles. The van der Waals surface area contributed by atoms with Crippen molar-refractivity contribution >= 4 is 10.0 Å². The number of hydrogen-bond donors (Lipinski definition) is 2. The van der Waals surface area contributed by atoms with Gasteiger partial charge in [0.25, 0.3) is 0 Å². The zero-order valence-corrected chi connectivity index (χ0v) is 13.2. The Morgan fingerprint density at radius 3 is 2.76 bits per heavy atom. The standard InChI is InChI=1S/C15H23NO4S/c1-2-12-6-7-15(9-13(12)11-17)21(18,19)16-10-14-5-3-4-8-20-14/h6-7,9,14,16-17H,2-5,8,10-11H2,1H3. The zero-order valence-electron chi connectivity index (χ0n) is 12.3. The van der Waals surface area contributed by atoms with Gasteiger partial charge in [-0.05, 0) is 48.9 Å². The molecular formula is C15H23NO4S. The molecular weight excluding hydrogens is 290 g/mol. The van der Waals surface area contributed by atoms with Crippen molar-refractivity contribution in [1.29, 1.82) is 0 Å². The van der Waals surface area contributed by atoms with Crippen molar-refractivity contribution in [3.63, 3.8) is 0 Å². The summed E-state index contributed by atoms with van der Waals surface area (Å²) in [7, 11) is -3.56. The van der Waals surface area contributed by atoms with Crippen LogP contribution in [0.15, 0.2) is 23.1 Å². The molecule has 6 heteroatoms. The minimum absolute atomic E-state index is 0.0410. The monoisotopic (exact) mass is 313 g/mol. The molecule has 0 aromatic heterocycles. The highest BCUT2D eigenvalue weighted by Crippen LogP contribution is 2.18. The highest BCUT2D eigenvalue weighted by atomic mass is 32.2. The predicted octanol–water partition coefficient (Wildman–Crippen LogP) is 1.59. The highest BCUT2D eigenvalue weighted by molar-refractivity contribution is 7.89. The molecule has 1 fully saturated rings. The van der Waals surface area contributed by atoms with Gasteiger partial charge in [-0.1, -0.05) is 13.0 Å². The molecule has 118 valence electrons. The van der Waals surface area contributed by atoms with Gasteiger partial charge in [-0.2, -0.15) is 0 Å². The minimum atomic E-state index is -3.56. The van der Waals surface area contributed by atoms with Crippen LogP contribution in [0.5, 0.6) is 0 Å². The summed E-state index contributed by atoms with van der Waals surface area (Å²) in [5, 5.41) is 9.34. The van der Waals surface area contributed by atoms with Crippen LogP contribution in [0.2, 0.25) is 0 Å². The third-order valence-corrected chi connectivity index (χ3v) is 5.24. The summed E-state index contributed by atoms with van der Waals surface area (Å²) < 4.78 is 32.7. The molecule has 1 aromatic rings. The van der Waals surface area contributed by atoms with E-state index in [0.717, 1.165) is 31.2 Å². The molecule has 0 radical (unpaired) electrons. The summed E-state index contributed by atoms with van der Waals surface area (Å²) >= 11 is 0.